The molecule has 5 nitrogen and oxygen atoms in total. The predicted molar refractivity (Wildman–Crippen MR) is 101 cm³/mol. The molecule has 1 aliphatic rings. The van der Waals surface area contributed by atoms with Gasteiger partial charge in [0, 0.05) is 17.1 Å². The molecule has 1 saturated carbocycles. The van der Waals surface area contributed by atoms with Crippen molar-refractivity contribution in [2.45, 2.75) is 63.1 Å². The molecule has 134 valence electrons. The van der Waals surface area contributed by atoms with Crippen molar-refractivity contribution in [1.29, 1.82) is 0 Å². The Labute approximate surface area is 153 Å². The summed E-state index contributed by atoms with van der Waals surface area (Å²) in [6.45, 7) is 6.37. The lowest BCUT2D eigenvalue weighted by Gasteiger charge is -2.19. The maximum Gasteiger partial charge on any atom is 0.230 e. The number of hydrogen-bond acceptors (Lipinski definition) is 4. The summed E-state index contributed by atoms with van der Waals surface area (Å²) in [5, 5.41) is 12.7. The Bertz CT molecular complexity index is 715. The van der Waals surface area contributed by atoms with Gasteiger partial charge in [-0.05, 0) is 25.0 Å². The van der Waals surface area contributed by atoms with E-state index in [2.05, 4.69) is 40.9 Å². The third-order valence-corrected chi connectivity index (χ3v) is 5.30. The Morgan fingerprint density at radius 1 is 1.20 bits per heavy atom. The third kappa shape index (κ3) is 4.42. The highest BCUT2D eigenvalue weighted by Crippen LogP contribution is 2.29. The van der Waals surface area contributed by atoms with E-state index in [1.165, 1.54) is 24.6 Å². The number of amides is 1. The number of aromatic nitrogens is 3. The van der Waals surface area contributed by atoms with Crippen LogP contribution in [0.2, 0.25) is 0 Å². The summed E-state index contributed by atoms with van der Waals surface area (Å²) >= 11 is 1.45. The van der Waals surface area contributed by atoms with Crippen LogP contribution in [0.15, 0.2) is 35.5 Å². The van der Waals surface area contributed by atoms with Gasteiger partial charge in [-0.3, -0.25) is 9.36 Å². The molecule has 1 N–H and O–H groups in total. The second kappa shape index (κ2) is 7.60. The summed E-state index contributed by atoms with van der Waals surface area (Å²) in [7, 11) is 0. The molecule has 25 heavy (non-hydrogen) atoms. The Morgan fingerprint density at radius 3 is 2.52 bits per heavy atom. The second-order valence-corrected chi connectivity index (χ2v) is 8.51. The van der Waals surface area contributed by atoms with E-state index in [1.807, 2.05) is 30.3 Å². The van der Waals surface area contributed by atoms with E-state index in [0.717, 1.165) is 29.5 Å². The lowest BCUT2D eigenvalue weighted by molar-refractivity contribution is -0.119. The van der Waals surface area contributed by atoms with Crippen LogP contribution in [-0.2, 0) is 10.2 Å². The van der Waals surface area contributed by atoms with Crippen molar-refractivity contribution in [1.82, 2.24) is 20.1 Å². The quantitative estimate of drug-likeness (QED) is 0.828. The first-order chi connectivity index (χ1) is 11.9. The molecule has 0 spiro atoms. The van der Waals surface area contributed by atoms with Gasteiger partial charge in [0.05, 0.1) is 5.75 Å². The Morgan fingerprint density at radius 2 is 1.88 bits per heavy atom. The summed E-state index contributed by atoms with van der Waals surface area (Å²) in [6, 6.07) is 10.4. The summed E-state index contributed by atoms with van der Waals surface area (Å²) in [5.41, 5.74) is 0.893. The molecule has 3 rings (SSSR count). The van der Waals surface area contributed by atoms with Crippen molar-refractivity contribution in [2.75, 3.05) is 5.75 Å². The molecule has 0 atom stereocenters. The van der Waals surface area contributed by atoms with Gasteiger partial charge in [-0.1, -0.05) is 63.6 Å². The van der Waals surface area contributed by atoms with E-state index in [4.69, 9.17) is 0 Å². The van der Waals surface area contributed by atoms with Gasteiger partial charge < -0.3 is 5.32 Å². The molecule has 0 saturated heterocycles. The lowest BCUT2D eigenvalue weighted by Crippen LogP contribution is -2.33. The average molecular weight is 359 g/mol. The topological polar surface area (TPSA) is 59.8 Å². The minimum atomic E-state index is -0.131. The average Bonchev–Trinajstić information content (AvgIpc) is 3.22. The largest absolute Gasteiger partial charge is 0.353 e. The second-order valence-electron chi connectivity index (χ2n) is 7.56. The third-order valence-electron chi connectivity index (χ3n) is 4.37. The summed E-state index contributed by atoms with van der Waals surface area (Å²) in [6.07, 6.45) is 4.64. The van der Waals surface area contributed by atoms with Gasteiger partial charge in [0.15, 0.2) is 5.16 Å². The number of carbonyl (C=O) groups excluding carboxylic acids is 1. The highest BCUT2D eigenvalue weighted by molar-refractivity contribution is 7.99. The SMILES string of the molecule is CC(C)(C)c1nnc(SCC(=O)NC2CCCC2)n1-c1ccccc1. The van der Waals surface area contributed by atoms with E-state index < -0.39 is 0 Å². The number of nitrogens with zero attached hydrogens (tertiary/aromatic N) is 3. The van der Waals surface area contributed by atoms with Crippen LogP contribution >= 0.6 is 11.8 Å². The zero-order valence-electron chi connectivity index (χ0n) is 15.2. The Balaban J connectivity index is 1.77. The van der Waals surface area contributed by atoms with Crippen LogP contribution in [0.25, 0.3) is 5.69 Å². The van der Waals surface area contributed by atoms with Crippen LogP contribution in [-0.4, -0.2) is 32.5 Å². The van der Waals surface area contributed by atoms with Gasteiger partial charge in [0.1, 0.15) is 5.82 Å². The number of benzene rings is 1. The number of carbonyl (C=O) groups is 1. The normalized spacial score (nSPS) is 15.5. The predicted octanol–water partition coefficient (Wildman–Crippen LogP) is 3.72. The molecule has 1 fully saturated rings. The Kier molecular flexibility index (Phi) is 5.47. The fraction of sp³-hybridized carbons (Fsp3) is 0.526. The van der Waals surface area contributed by atoms with Crippen LogP contribution in [0.1, 0.15) is 52.3 Å². The Hall–Kier alpha value is -1.82. The van der Waals surface area contributed by atoms with Gasteiger partial charge in [-0.2, -0.15) is 0 Å². The van der Waals surface area contributed by atoms with Crippen molar-refractivity contribution >= 4 is 17.7 Å². The molecule has 0 aliphatic heterocycles. The van der Waals surface area contributed by atoms with Gasteiger partial charge in [-0.25, -0.2) is 0 Å². The number of para-hydroxylation sites is 1. The zero-order chi connectivity index (χ0) is 17.9. The fourth-order valence-corrected chi connectivity index (χ4v) is 3.89. The number of nitrogens with one attached hydrogen (secondary N) is 1. The summed E-state index contributed by atoms with van der Waals surface area (Å²) < 4.78 is 2.06. The molecule has 1 amide bonds. The summed E-state index contributed by atoms with van der Waals surface area (Å²) in [5.74, 6) is 1.35. The molecule has 0 bridgehead atoms. The zero-order valence-corrected chi connectivity index (χ0v) is 16.0. The van der Waals surface area contributed by atoms with E-state index >= 15 is 0 Å². The first-order valence-electron chi connectivity index (χ1n) is 8.88. The molecule has 0 radical (unpaired) electrons. The molecule has 1 aromatic carbocycles. The van der Waals surface area contributed by atoms with Crippen molar-refractivity contribution < 1.29 is 4.79 Å². The number of rotatable bonds is 5. The maximum atomic E-state index is 12.2. The minimum absolute atomic E-state index is 0.0804. The molecular formula is C19H26N4OS. The van der Waals surface area contributed by atoms with Crippen LogP contribution in [0.5, 0.6) is 0 Å². The van der Waals surface area contributed by atoms with E-state index in [1.54, 1.807) is 0 Å². The van der Waals surface area contributed by atoms with Crippen LogP contribution in [0, 0.1) is 0 Å². The van der Waals surface area contributed by atoms with E-state index in [-0.39, 0.29) is 11.3 Å². The highest BCUT2D eigenvalue weighted by atomic mass is 32.2. The van der Waals surface area contributed by atoms with Gasteiger partial charge in [0.2, 0.25) is 5.91 Å². The molecule has 2 aromatic rings. The van der Waals surface area contributed by atoms with Crippen molar-refractivity contribution in [3.63, 3.8) is 0 Å². The minimum Gasteiger partial charge on any atom is -0.353 e. The lowest BCUT2D eigenvalue weighted by atomic mass is 9.95. The van der Waals surface area contributed by atoms with Crippen molar-refractivity contribution in [3.05, 3.63) is 36.2 Å². The van der Waals surface area contributed by atoms with Crippen LogP contribution < -0.4 is 5.32 Å². The first kappa shape index (κ1) is 18.0. The van der Waals surface area contributed by atoms with Crippen LogP contribution in [0.3, 0.4) is 0 Å². The molecule has 0 unspecified atom stereocenters. The maximum absolute atomic E-state index is 12.2. The van der Waals surface area contributed by atoms with Crippen LogP contribution in [0.4, 0.5) is 0 Å². The van der Waals surface area contributed by atoms with Gasteiger partial charge in [-0.15, -0.1) is 10.2 Å². The summed E-state index contributed by atoms with van der Waals surface area (Å²) in [4.78, 5) is 12.2. The molecule has 1 heterocycles. The number of thioether (sulfide) groups is 1. The van der Waals surface area contributed by atoms with Crippen molar-refractivity contribution in [3.8, 4) is 5.69 Å². The standard InChI is InChI=1S/C19H26N4OS/c1-19(2,3)17-21-22-18(23(17)15-11-5-4-6-12-15)25-13-16(24)20-14-9-7-8-10-14/h4-6,11-12,14H,7-10,13H2,1-3H3,(H,20,24). The molecule has 1 aromatic heterocycles. The smallest absolute Gasteiger partial charge is 0.230 e. The monoisotopic (exact) mass is 358 g/mol. The first-order valence-corrected chi connectivity index (χ1v) is 9.87. The molecule has 1 aliphatic carbocycles. The van der Waals surface area contributed by atoms with Crippen molar-refractivity contribution in [2.24, 2.45) is 0 Å². The highest BCUT2D eigenvalue weighted by Gasteiger charge is 2.25. The van der Waals surface area contributed by atoms with Gasteiger partial charge in [0.25, 0.3) is 0 Å². The number of hydrogen-bond donors (Lipinski definition) is 1. The fourth-order valence-electron chi connectivity index (χ4n) is 3.13. The van der Waals surface area contributed by atoms with E-state index in [9.17, 15) is 4.79 Å². The molecule has 6 heteroatoms. The van der Waals surface area contributed by atoms with E-state index in [0.29, 0.717) is 11.8 Å². The van der Waals surface area contributed by atoms with Gasteiger partial charge >= 0.3 is 0 Å². The molecular weight excluding hydrogens is 332 g/mol.